The van der Waals surface area contributed by atoms with E-state index in [1.54, 1.807) is 53.2 Å². The monoisotopic (exact) mass is 436 g/mol. The van der Waals surface area contributed by atoms with E-state index < -0.39 is 0 Å². The minimum absolute atomic E-state index is 0.0262. The van der Waals surface area contributed by atoms with Crippen molar-refractivity contribution in [3.05, 3.63) is 112 Å². The molecule has 0 unspecified atom stereocenters. The highest BCUT2D eigenvalue weighted by atomic mass is 16.2. The number of rotatable bonds is 5. The summed E-state index contributed by atoms with van der Waals surface area (Å²) in [6, 6.07) is 21.3. The Morgan fingerprint density at radius 2 is 1.58 bits per heavy atom. The predicted molar refractivity (Wildman–Crippen MR) is 127 cm³/mol. The fourth-order valence-corrected chi connectivity index (χ4v) is 3.87. The van der Waals surface area contributed by atoms with Crippen molar-refractivity contribution in [2.24, 2.45) is 0 Å². The van der Waals surface area contributed by atoms with Crippen LogP contribution in [0.3, 0.4) is 0 Å². The molecule has 0 atom stereocenters. The first-order valence-corrected chi connectivity index (χ1v) is 10.5. The molecule has 5 rings (SSSR count). The highest BCUT2D eigenvalue weighted by Gasteiger charge is 2.12. The largest absolute Gasteiger partial charge is 0.322 e. The third kappa shape index (κ3) is 3.80. The van der Waals surface area contributed by atoms with Crippen molar-refractivity contribution >= 4 is 34.1 Å². The van der Waals surface area contributed by atoms with Crippen LogP contribution in [-0.2, 0) is 6.54 Å². The molecule has 0 aliphatic heterocycles. The van der Waals surface area contributed by atoms with Crippen LogP contribution in [0.2, 0.25) is 0 Å². The summed E-state index contributed by atoms with van der Waals surface area (Å²) in [6.45, 7) is 1.83. The Kier molecular flexibility index (Phi) is 5.06. The first-order chi connectivity index (χ1) is 16.0. The van der Waals surface area contributed by atoms with Crippen molar-refractivity contribution in [1.82, 2.24) is 14.0 Å². The molecule has 7 heteroatoms. The summed E-state index contributed by atoms with van der Waals surface area (Å²) in [5.74, 6) is -0.280. The predicted octanol–water partition coefficient (Wildman–Crippen LogP) is 4.15. The summed E-state index contributed by atoms with van der Waals surface area (Å²) < 4.78 is 3.49. The van der Waals surface area contributed by atoms with E-state index in [1.807, 2.05) is 40.9 Å². The number of Topliss-reactive ketones (excluding diaryl/α,β-unsaturated/α-hetero) is 1. The Morgan fingerprint density at radius 1 is 0.879 bits per heavy atom. The molecule has 0 bridgehead atoms. The van der Waals surface area contributed by atoms with Gasteiger partial charge >= 0.3 is 0 Å². The zero-order chi connectivity index (χ0) is 22.9. The first-order valence-electron chi connectivity index (χ1n) is 10.5. The van der Waals surface area contributed by atoms with Crippen molar-refractivity contribution in [2.75, 3.05) is 5.32 Å². The van der Waals surface area contributed by atoms with Gasteiger partial charge in [-0.3, -0.25) is 19.0 Å². The third-order valence-electron chi connectivity index (χ3n) is 5.60. The Balaban J connectivity index is 1.39. The Labute approximate surface area is 188 Å². The lowest BCUT2D eigenvalue weighted by atomic mass is 10.1. The van der Waals surface area contributed by atoms with Crippen LogP contribution in [-0.4, -0.2) is 25.6 Å². The van der Waals surface area contributed by atoms with Crippen molar-refractivity contribution in [3.63, 3.8) is 0 Å². The van der Waals surface area contributed by atoms with Crippen molar-refractivity contribution in [2.45, 2.75) is 13.5 Å². The molecule has 0 radical (unpaired) electrons. The lowest BCUT2D eigenvalue weighted by molar-refractivity contribution is 0.101. The minimum atomic E-state index is -0.254. The van der Waals surface area contributed by atoms with Crippen LogP contribution in [0.5, 0.6) is 0 Å². The van der Waals surface area contributed by atoms with Gasteiger partial charge in [-0.2, -0.15) is 0 Å². The molecule has 0 aliphatic carbocycles. The molecule has 3 heterocycles. The number of carbonyl (C=O) groups excluding carboxylic acids is 2. The number of ketones is 1. The number of fused-ring (bicyclic) bond motifs is 3. The lowest BCUT2D eigenvalue weighted by Gasteiger charge is -2.12. The van der Waals surface area contributed by atoms with E-state index in [1.165, 1.54) is 6.92 Å². The van der Waals surface area contributed by atoms with E-state index >= 15 is 0 Å². The molecular weight excluding hydrogens is 416 g/mol. The molecule has 1 N–H and O–H groups in total. The third-order valence-corrected chi connectivity index (χ3v) is 5.60. The fourth-order valence-electron chi connectivity index (χ4n) is 3.87. The molecule has 0 saturated heterocycles. The van der Waals surface area contributed by atoms with Crippen LogP contribution in [0.4, 0.5) is 5.69 Å². The number of hydrogen-bond donors (Lipinski definition) is 1. The van der Waals surface area contributed by atoms with E-state index in [2.05, 4.69) is 10.3 Å². The minimum Gasteiger partial charge on any atom is -0.322 e. The van der Waals surface area contributed by atoms with Gasteiger partial charge < -0.3 is 9.72 Å². The van der Waals surface area contributed by atoms with Crippen LogP contribution in [0, 0.1) is 0 Å². The smallest absolute Gasteiger partial charge is 0.276 e. The summed E-state index contributed by atoms with van der Waals surface area (Å²) in [5.41, 5.74) is 4.48. The number of pyridine rings is 1. The van der Waals surface area contributed by atoms with Crippen molar-refractivity contribution < 1.29 is 9.59 Å². The SMILES string of the molecule is CC(=O)c1ccc(NC(=O)c2ccc(Cn3c(=O)c4cccn4c4cccnc43)cc2)cc1. The summed E-state index contributed by atoms with van der Waals surface area (Å²) in [6.07, 6.45) is 3.52. The van der Waals surface area contributed by atoms with E-state index in [0.717, 1.165) is 11.1 Å². The Hall–Kier alpha value is -4.52. The van der Waals surface area contributed by atoms with Crippen LogP contribution >= 0.6 is 0 Å². The van der Waals surface area contributed by atoms with Gasteiger partial charge in [-0.1, -0.05) is 12.1 Å². The highest BCUT2D eigenvalue weighted by Crippen LogP contribution is 2.16. The fraction of sp³-hybridized carbons (Fsp3) is 0.0769. The topological polar surface area (TPSA) is 85.5 Å². The van der Waals surface area contributed by atoms with Gasteiger partial charge in [0.05, 0.1) is 12.1 Å². The molecule has 0 saturated carbocycles. The average Bonchev–Trinajstić information content (AvgIpc) is 3.33. The van der Waals surface area contributed by atoms with Crippen LogP contribution in [0.25, 0.3) is 16.7 Å². The first kappa shape index (κ1) is 20.4. The molecule has 0 fully saturated rings. The number of carbonyl (C=O) groups is 2. The summed E-state index contributed by atoms with van der Waals surface area (Å²) >= 11 is 0. The molecule has 2 aromatic carbocycles. The van der Waals surface area contributed by atoms with Gasteiger partial charge in [-0.15, -0.1) is 0 Å². The zero-order valence-electron chi connectivity index (χ0n) is 17.9. The maximum absolute atomic E-state index is 13.1. The summed E-state index contributed by atoms with van der Waals surface area (Å²) in [4.78, 5) is 41.5. The molecular formula is C26H20N4O3. The summed E-state index contributed by atoms with van der Waals surface area (Å²) in [7, 11) is 0. The average molecular weight is 436 g/mol. The standard InChI is InChI=1S/C26H20N4O3/c1-17(31)19-10-12-21(13-11-19)28-25(32)20-8-6-18(7-9-20)16-30-24-22(4-2-14-27-24)29-15-3-5-23(29)26(30)33/h2-15H,16H2,1H3,(H,28,32). The molecule has 162 valence electrons. The number of anilines is 1. The van der Waals surface area contributed by atoms with Gasteiger partial charge in [0, 0.05) is 29.2 Å². The van der Waals surface area contributed by atoms with Gasteiger partial charge in [-0.05, 0) is 73.2 Å². The molecule has 0 spiro atoms. The molecule has 1 amide bonds. The van der Waals surface area contributed by atoms with E-state index in [9.17, 15) is 14.4 Å². The van der Waals surface area contributed by atoms with Crippen molar-refractivity contribution in [3.8, 4) is 0 Å². The molecule has 7 nitrogen and oxygen atoms in total. The second-order valence-electron chi connectivity index (χ2n) is 7.79. The van der Waals surface area contributed by atoms with E-state index in [0.29, 0.717) is 34.5 Å². The van der Waals surface area contributed by atoms with Crippen LogP contribution in [0.1, 0.15) is 33.2 Å². The maximum atomic E-state index is 13.1. The lowest BCUT2D eigenvalue weighted by Crippen LogP contribution is -2.24. The molecule has 0 aliphatic rings. The quantitative estimate of drug-likeness (QED) is 0.420. The molecule has 3 aromatic heterocycles. The number of nitrogens with zero attached hydrogens (tertiary/aromatic N) is 3. The highest BCUT2D eigenvalue weighted by molar-refractivity contribution is 6.04. The van der Waals surface area contributed by atoms with E-state index in [4.69, 9.17) is 0 Å². The normalized spacial score (nSPS) is 11.1. The number of nitrogens with one attached hydrogen (secondary N) is 1. The molecule has 5 aromatic rings. The van der Waals surface area contributed by atoms with Gasteiger partial charge in [0.15, 0.2) is 11.4 Å². The molecule has 33 heavy (non-hydrogen) atoms. The van der Waals surface area contributed by atoms with Gasteiger partial charge in [0.2, 0.25) is 0 Å². The van der Waals surface area contributed by atoms with E-state index in [-0.39, 0.29) is 17.2 Å². The van der Waals surface area contributed by atoms with Gasteiger partial charge in [0.25, 0.3) is 11.5 Å². The van der Waals surface area contributed by atoms with Crippen molar-refractivity contribution in [1.29, 1.82) is 0 Å². The van der Waals surface area contributed by atoms with Gasteiger partial charge in [0.1, 0.15) is 5.52 Å². The maximum Gasteiger partial charge on any atom is 0.276 e. The Morgan fingerprint density at radius 3 is 2.30 bits per heavy atom. The second-order valence-corrected chi connectivity index (χ2v) is 7.79. The van der Waals surface area contributed by atoms with Crippen LogP contribution in [0.15, 0.2) is 90.0 Å². The number of hydrogen-bond acceptors (Lipinski definition) is 4. The summed E-state index contributed by atoms with van der Waals surface area (Å²) in [5, 5.41) is 2.83. The zero-order valence-corrected chi connectivity index (χ0v) is 17.9. The Bertz CT molecular complexity index is 1560. The number of amides is 1. The number of aromatic nitrogens is 3. The number of benzene rings is 2. The second kappa shape index (κ2) is 8.20. The van der Waals surface area contributed by atoms with Crippen LogP contribution < -0.4 is 10.9 Å². The van der Waals surface area contributed by atoms with Gasteiger partial charge in [-0.25, -0.2) is 4.98 Å².